The molecule has 1 aliphatic carbocycles. The van der Waals surface area contributed by atoms with Crippen LogP contribution < -0.4 is 10.1 Å². The number of nitrogens with zero attached hydrogens (tertiary/aromatic N) is 2. The predicted molar refractivity (Wildman–Crippen MR) is 70.4 cm³/mol. The van der Waals surface area contributed by atoms with E-state index in [1.54, 1.807) is 13.3 Å². The minimum atomic E-state index is 0.106. The van der Waals surface area contributed by atoms with Gasteiger partial charge in [0.1, 0.15) is 0 Å². The van der Waals surface area contributed by atoms with E-state index in [2.05, 4.69) is 16.4 Å². The van der Waals surface area contributed by atoms with Gasteiger partial charge >= 0.3 is 0 Å². The molecule has 1 aromatic heterocycles. The highest BCUT2D eigenvalue weighted by atomic mass is 16.5. The molecule has 0 aliphatic heterocycles. The second-order valence-electron chi connectivity index (χ2n) is 4.71. The summed E-state index contributed by atoms with van der Waals surface area (Å²) in [6.07, 6.45) is 7.41. The molecule has 1 aromatic rings. The van der Waals surface area contributed by atoms with Crippen molar-refractivity contribution < 1.29 is 4.74 Å². The number of anilines is 1. The molecule has 0 spiro atoms. The number of rotatable bonds is 3. The lowest BCUT2D eigenvalue weighted by atomic mass is 9.96. The molecule has 4 nitrogen and oxygen atoms in total. The van der Waals surface area contributed by atoms with Crippen molar-refractivity contribution in [3.8, 4) is 11.9 Å². The van der Waals surface area contributed by atoms with E-state index in [0.29, 0.717) is 5.88 Å². The highest BCUT2D eigenvalue weighted by molar-refractivity contribution is 5.43. The lowest BCUT2D eigenvalue weighted by Gasteiger charge is -2.21. The monoisotopic (exact) mass is 245 g/mol. The summed E-state index contributed by atoms with van der Waals surface area (Å²) in [5, 5.41) is 12.7. The Morgan fingerprint density at radius 1 is 1.33 bits per heavy atom. The van der Waals surface area contributed by atoms with Crippen molar-refractivity contribution >= 4 is 5.69 Å². The van der Waals surface area contributed by atoms with Gasteiger partial charge in [-0.3, -0.25) is 0 Å². The minimum absolute atomic E-state index is 0.106. The Kier molecular flexibility index (Phi) is 4.40. The van der Waals surface area contributed by atoms with Gasteiger partial charge in [0.15, 0.2) is 0 Å². The Balaban J connectivity index is 2.03. The van der Waals surface area contributed by atoms with Gasteiger partial charge in [-0.2, -0.15) is 5.26 Å². The first kappa shape index (κ1) is 12.7. The number of ether oxygens (including phenoxy) is 1. The van der Waals surface area contributed by atoms with Crippen LogP contribution in [0.25, 0.3) is 0 Å². The van der Waals surface area contributed by atoms with Gasteiger partial charge in [0.05, 0.1) is 31.0 Å². The third-order valence-electron chi connectivity index (χ3n) is 3.48. The summed E-state index contributed by atoms with van der Waals surface area (Å²) in [7, 11) is 1.60. The molecule has 1 heterocycles. The number of aromatic nitrogens is 1. The first-order valence-electron chi connectivity index (χ1n) is 6.49. The number of methoxy groups -OCH3 is 1. The summed E-state index contributed by atoms with van der Waals surface area (Å²) in [5.41, 5.74) is 0.961. The molecule has 2 atom stereocenters. The third-order valence-corrected chi connectivity index (χ3v) is 3.48. The van der Waals surface area contributed by atoms with Crippen LogP contribution in [0.2, 0.25) is 0 Å². The van der Waals surface area contributed by atoms with E-state index in [0.717, 1.165) is 24.9 Å². The van der Waals surface area contributed by atoms with E-state index < -0.39 is 0 Å². The van der Waals surface area contributed by atoms with Gasteiger partial charge in [-0.15, -0.1) is 0 Å². The van der Waals surface area contributed by atoms with E-state index in [-0.39, 0.29) is 12.0 Å². The Bertz CT molecular complexity index is 410. The summed E-state index contributed by atoms with van der Waals surface area (Å²) in [6.45, 7) is 0. The average Bonchev–Trinajstić information content (AvgIpc) is 2.64. The van der Waals surface area contributed by atoms with Gasteiger partial charge in [-0.1, -0.05) is 19.3 Å². The van der Waals surface area contributed by atoms with Gasteiger partial charge in [0, 0.05) is 12.1 Å². The van der Waals surface area contributed by atoms with E-state index in [1.165, 1.54) is 12.8 Å². The molecular formula is C14H19N3O. The molecule has 0 amide bonds. The molecule has 96 valence electrons. The van der Waals surface area contributed by atoms with Crippen LogP contribution in [0.15, 0.2) is 18.3 Å². The number of hydrogen-bond acceptors (Lipinski definition) is 4. The standard InChI is InChI=1S/C14H19N3O/c1-18-14-8-7-12(10-16-14)17-13-6-4-2-3-5-11(13)9-15/h7-8,10-11,13,17H,2-6H2,1H3. The zero-order valence-corrected chi connectivity index (χ0v) is 10.7. The van der Waals surface area contributed by atoms with Crippen molar-refractivity contribution in [3.05, 3.63) is 18.3 Å². The van der Waals surface area contributed by atoms with Crippen LogP contribution in [0.3, 0.4) is 0 Å². The lowest BCUT2D eigenvalue weighted by Crippen LogP contribution is -2.27. The normalized spacial score (nSPS) is 23.8. The van der Waals surface area contributed by atoms with Crippen molar-refractivity contribution in [2.24, 2.45) is 5.92 Å². The van der Waals surface area contributed by atoms with Crippen LogP contribution in [0, 0.1) is 17.2 Å². The van der Waals surface area contributed by atoms with Crippen LogP contribution in [0.4, 0.5) is 5.69 Å². The predicted octanol–water partition coefficient (Wildman–Crippen LogP) is 2.97. The maximum Gasteiger partial charge on any atom is 0.213 e. The number of nitriles is 1. The van der Waals surface area contributed by atoms with Crippen LogP contribution in [0.1, 0.15) is 32.1 Å². The summed E-state index contributed by atoms with van der Waals surface area (Å²) in [4.78, 5) is 4.17. The SMILES string of the molecule is COc1ccc(NC2CCCCCC2C#N)cn1. The van der Waals surface area contributed by atoms with Gasteiger partial charge in [-0.25, -0.2) is 4.98 Å². The van der Waals surface area contributed by atoms with E-state index in [1.807, 2.05) is 12.1 Å². The molecular weight excluding hydrogens is 226 g/mol. The van der Waals surface area contributed by atoms with Gasteiger partial charge < -0.3 is 10.1 Å². The third kappa shape index (κ3) is 3.13. The van der Waals surface area contributed by atoms with Crippen molar-refractivity contribution in [1.82, 2.24) is 4.98 Å². The first-order valence-corrected chi connectivity index (χ1v) is 6.49. The quantitative estimate of drug-likeness (QED) is 0.832. The molecule has 18 heavy (non-hydrogen) atoms. The molecule has 4 heteroatoms. The zero-order chi connectivity index (χ0) is 12.8. The highest BCUT2D eigenvalue weighted by Gasteiger charge is 2.23. The topological polar surface area (TPSA) is 57.9 Å². The Labute approximate surface area is 108 Å². The number of nitrogens with one attached hydrogen (secondary N) is 1. The van der Waals surface area contributed by atoms with Gasteiger partial charge in [-0.05, 0) is 18.9 Å². The second kappa shape index (κ2) is 6.25. The Morgan fingerprint density at radius 3 is 2.83 bits per heavy atom. The molecule has 0 aromatic carbocycles. The molecule has 0 radical (unpaired) electrons. The molecule has 1 saturated carbocycles. The molecule has 1 aliphatic rings. The fraction of sp³-hybridized carbons (Fsp3) is 0.571. The fourth-order valence-corrected chi connectivity index (χ4v) is 2.44. The Hall–Kier alpha value is -1.76. The molecule has 2 unspecified atom stereocenters. The highest BCUT2D eigenvalue weighted by Crippen LogP contribution is 2.26. The van der Waals surface area contributed by atoms with Crippen molar-refractivity contribution in [1.29, 1.82) is 5.26 Å². The number of pyridine rings is 1. The van der Waals surface area contributed by atoms with Crippen molar-refractivity contribution in [2.45, 2.75) is 38.1 Å². The van der Waals surface area contributed by atoms with E-state index in [9.17, 15) is 5.26 Å². The van der Waals surface area contributed by atoms with E-state index in [4.69, 9.17) is 4.74 Å². The fourth-order valence-electron chi connectivity index (χ4n) is 2.44. The number of hydrogen-bond donors (Lipinski definition) is 1. The van der Waals surface area contributed by atoms with Gasteiger partial charge in [0.25, 0.3) is 0 Å². The molecule has 1 fully saturated rings. The average molecular weight is 245 g/mol. The van der Waals surface area contributed by atoms with Crippen LogP contribution in [0.5, 0.6) is 5.88 Å². The second-order valence-corrected chi connectivity index (χ2v) is 4.71. The summed E-state index contributed by atoms with van der Waals surface area (Å²) in [5.74, 6) is 0.716. The molecule has 1 N–H and O–H groups in total. The summed E-state index contributed by atoms with van der Waals surface area (Å²) < 4.78 is 5.03. The maximum atomic E-state index is 9.22. The summed E-state index contributed by atoms with van der Waals surface area (Å²) in [6, 6.07) is 6.46. The lowest BCUT2D eigenvalue weighted by molar-refractivity contribution is 0.398. The molecule has 0 saturated heterocycles. The Morgan fingerprint density at radius 2 is 2.17 bits per heavy atom. The zero-order valence-electron chi connectivity index (χ0n) is 10.7. The summed E-state index contributed by atoms with van der Waals surface area (Å²) >= 11 is 0. The van der Waals surface area contributed by atoms with E-state index >= 15 is 0 Å². The van der Waals surface area contributed by atoms with Crippen LogP contribution >= 0.6 is 0 Å². The molecule has 2 rings (SSSR count). The van der Waals surface area contributed by atoms with Crippen LogP contribution in [-0.2, 0) is 0 Å². The first-order chi connectivity index (χ1) is 8.83. The van der Waals surface area contributed by atoms with Crippen molar-refractivity contribution in [3.63, 3.8) is 0 Å². The smallest absolute Gasteiger partial charge is 0.213 e. The van der Waals surface area contributed by atoms with Gasteiger partial charge in [0.2, 0.25) is 5.88 Å². The van der Waals surface area contributed by atoms with Crippen molar-refractivity contribution in [2.75, 3.05) is 12.4 Å². The minimum Gasteiger partial charge on any atom is -0.481 e. The maximum absolute atomic E-state index is 9.22. The largest absolute Gasteiger partial charge is 0.481 e. The molecule has 0 bridgehead atoms. The van der Waals surface area contributed by atoms with Crippen LogP contribution in [-0.4, -0.2) is 18.1 Å².